The molecule has 1 aliphatic heterocycles. The number of rotatable bonds is 5. The van der Waals surface area contributed by atoms with Gasteiger partial charge in [0.25, 0.3) is 0 Å². The molecule has 33 heavy (non-hydrogen) atoms. The van der Waals surface area contributed by atoms with Crippen molar-refractivity contribution in [3.05, 3.63) is 46.6 Å². The summed E-state index contributed by atoms with van der Waals surface area (Å²) in [6.45, 7) is 1.52. The normalized spacial score (nSPS) is 25.1. The standard InChI is InChI=1S/C23H24O10/c1-10-20(26)21(27)22(28)23(31-10)32-12-7-13(24)19-14(25)9-16(33-18(19)8-12)11-4-5-15(29-2)17(6-11)30-3/h4-10,20-24,26-28H,1-3H3/t10-,20+,21+,22-,23+/m1/s1. The van der Waals surface area contributed by atoms with Crippen molar-refractivity contribution in [3.63, 3.8) is 0 Å². The molecule has 10 nitrogen and oxygen atoms in total. The zero-order valence-electron chi connectivity index (χ0n) is 18.1. The Morgan fingerprint density at radius 3 is 2.33 bits per heavy atom. The van der Waals surface area contributed by atoms with Gasteiger partial charge in [0.2, 0.25) is 6.29 Å². The average molecular weight is 460 g/mol. The minimum atomic E-state index is -1.54. The molecule has 0 radical (unpaired) electrons. The van der Waals surface area contributed by atoms with E-state index in [1.165, 1.54) is 39.3 Å². The van der Waals surface area contributed by atoms with E-state index in [1.807, 2.05) is 0 Å². The van der Waals surface area contributed by atoms with E-state index in [-0.39, 0.29) is 22.5 Å². The van der Waals surface area contributed by atoms with Gasteiger partial charge >= 0.3 is 0 Å². The number of phenols is 1. The zero-order chi connectivity index (χ0) is 23.9. The first-order valence-corrected chi connectivity index (χ1v) is 10.1. The lowest BCUT2D eigenvalue weighted by Crippen LogP contribution is -2.58. The zero-order valence-corrected chi connectivity index (χ0v) is 18.1. The number of hydrogen-bond acceptors (Lipinski definition) is 10. The highest BCUT2D eigenvalue weighted by Gasteiger charge is 2.43. The summed E-state index contributed by atoms with van der Waals surface area (Å²) >= 11 is 0. The summed E-state index contributed by atoms with van der Waals surface area (Å²) in [5.74, 6) is 0.786. The van der Waals surface area contributed by atoms with Crippen LogP contribution in [0.5, 0.6) is 23.0 Å². The smallest absolute Gasteiger partial charge is 0.229 e. The van der Waals surface area contributed by atoms with E-state index in [1.54, 1.807) is 18.2 Å². The monoisotopic (exact) mass is 460 g/mol. The molecule has 176 valence electrons. The molecule has 1 aromatic heterocycles. The lowest BCUT2D eigenvalue weighted by molar-refractivity contribution is -0.268. The van der Waals surface area contributed by atoms with Gasteiger partial charge in [-0.2, -0.15) is 0 Å². The summed E-state index contributed by atoms with van der Waals surface area (Å²) in [6, 6.07) is 8.77. The number of methoxy groups -OCH3 is 2. The largest absolute Gasteiger partial charge is 0.507 e. The van der Waals surface area contributed by atoms with E-state index < -0.39 is 41.9 Å². The van der Waals surface area contributed by atoms with Crippen LogP contribution in [0, 0.1) is 0 Å². The molecule has 1 saturated heterocycles. The van der Waals surface area contributed by atoms with Crippen LogP contribution in [-0.2, 0) is 4.74 Å². The van der Waals surface area contributed by atoms with Gasteiger partial charge in [0, 0.05) is 23.8 Å². The lowest BCUT2D eigenvalue weighted by atomic mass is 10.00. The minimum absolute atomic E-state index is 0.0208. The fourth-order valence-corrected chi connectivity index (χ4v) is 3.69. The first kappa shape index (κ1) is 22.9. The SMILES string of the molecule is COc1ccc(-c2cc(=O)c3c(O)cc(O[C@@H]4O[C@H](C)[C@H](O)[C@H](O)[C@H]4O)cc3o2)cc1OC. The Kier molecular flexibility index (Phi) is 6.17. The lowest BCUT2D eigenvalue weighted by Gasteiger charge is -2.38. The third kappa shape index (κ3) is 4.21. The molecule has 0 amide bonds. The molecule has 1 aliphatic rings. The van der Waals surface area contributed by atoms with Gasteiger partial charge in [-0.3, -0.25) is 4.79 Å². The van der Waals surface area contributed by atoms with Crippen molar-refractivity contribution in [1.82, 2.24) is 0 Å². The highest BCUT2D eigenvalue weighted by Crippen LogP contribution is 2.35. The Hall–Kier alpha value is -3.31. The third-order valence-electron chi connectivity index (χ3n) is 5.51. The van der Waals surface area contributed by atoms with Gasteiger partial charge in [0.15, 0.2) is 16.9 Å². The van der Waals surface area contributed by atoms with Crippen LogP contribution in [0.2, 0.25) is 0 Å². The molecule has 3 aromatic rings. The number of aromatic hydroxyl groups is 1. The number of phenolic OH excluding ortho intramolecular Hbond substituents is 1. The van der Waals surface area contributed by atoms with Crippen molar-refractivity contribution in [2.75, 3.05) is 14.2 Å². The van der Waals surface area contributed by atoms with E-state index in [9.17, 15) is 25.2 Å². The summed E-state index contributed by atoms with van der Waals surface area (Å²) in [4.78, 5) is 12.7. The summed E-state index contributed by atoms with van der Waals surface area (Å²) in [7, 11) is 2.99. The van der Waals surface area contributed by atoms with Gasteiger partial charge in [-0.25, -0.2) is 0 Å². The molecule has 0 saturated carbocycles. The molecule has 4 N–H and O–H groups in total. The predicted octanol–water partition coefficient (Wildman–Crippen LogP) is 1.39. The molecule has 0 unspecified atom stereocenters. The number of aliphatic hydroxyl groups excluding tert-OH is 3. The molecule has 5 atom stereocenters. The van der Waals surface area contributed by atoms with Gasteiger partial charge in [-0.15, -0.1) is 0 Å². The Morgan fingerprint density at radius 1 is 0.909 bits per heavy atom. The van der Waals surface area contributed by atoms with E-state index in [0.717, 1.165) is 0 Å². The quantitative estimate of drug-likeness (QED) is 0.440. The van der Waals surface area contributed by atoms with E-state index >= 15 is 0 Å². The summed E-state index contributed by atoms with van der Waals surface area (Å²) in [5, 5.41) is 40.4. The molecule has 0 spiro atoms. The van der Waals surface area contributed by atoms with Gasteiger partial charge in [-0.1, -0.05) is 0 Å². The summed E-state index contributed by atoms with van der Waals surface area (Å²) in [5.41, 5.74) is 0.0850. The molecule has 0 aliphatic carbocycles. The maximum absolute atomic E-state index is 12.7. The number of fused-ring (bicyclic) bond motifs is 1. The van der Waals surface area contributed by atoms with E-state index in [0.29, 0.717) is 17.1 Å². The van der Waals surface area contributed by atoms with Crippen molar-refractivity contribution < 1.29 is 43.8 Å². The predicted molar refractivity (Wildman–Crippen MR) is 116 cm³/mol. The van der Waals surface area contributed by atoms with Crippen LogP contribution in [0.25, 0.3) is 22.3 Å². The second-order valence-electron chi connectivity index (χ2n) is 7.66. The summed E-state index contributed by atoms with van der Waals surface area (Å²) < 4.78 is 27.4. The van der Waals surface area contributed by atoms with Gasteiger partial charge in [-0.05, 0) is 25.1 Å². The summed E-state index contributed by atoms with van der Waals surface area (Å²) in [6.07, 6.45) is -6.44. The van der Waals surface area contributed by atoms with E-state index in [4.69, 9.17) is 23.4 Å². The first-order valence-electron chi connectivity index (χ1n) is 10.1. The minimum Gasteiger partial charge on any atom is -0.507 e. The Balaban J connectivity index is 1.73. The van der Waals surface area contributed by atoms with Crippen LogP contribution in [-0.4, -0.2) is 65.4 Å². The van der Waals surface area contributed by atoms with Crippen molar-refractivity contribution in [1.29, 1.82) is 0 Å². The molecule has 2 heterocycles. The fraction of sp³-hybridized carbons (Fsp3) is 0.348. The molecule has 0 bridgehead atoms. The van der Waals surface area contributed by atoms with Crippen LogP contribution in [0.15, 0.2) is 45.6 Å². The Bertz CT molecular complexity index is 1220. The van der Waals surface area contributed by atoms with Crippen molar-refractivity contribution in [3.8, 4) is 34.3 Å². The van der Waals surface area contributed by atoms with Crippen molar-refractivity contribution in [2.24, 2.45) is 0 Å². The Morgan fingerprint density at radius 2 is 1.64 bits per heavy atom. The second kappa shape index (κ2) is 8.91. The second-order valence-corrected chi connectivity index (χ2v) is 7.66. The van der Waals surface area contributed by atoms with Crippen molar-refractivity contribution in [2.45, 2.75) is 37.6 Å². The highest BCUT2D eigenvalue weighted by molar-refractivity contribution is 5.86. The maximum atomic E-state index is 12.7. The number of benzene rings is 2. The molecular weight excluding hydrogens is 436 g/mol. The number of hydrogen-bond donors (Lipinski definition) is 4. The van der Waals surface area contributed by atoms with Gasteiger partial charge < -0.3 is 43.8 Å². The van der Waals surface area contributed by atoms with Crippen LogP contribution >= 0.6 is 0 Å². The van der Waals surface area contributed by atoms with Gasteiger partial charge in [0.1, 0.15) is 46.5 Å². The third-order valence-corrected chi connectivity index (χ3v) is 5.51. The molecule has 2 aromatic carbocycles. The van der Waals surface area contributed by atoms with E-state index in [2.05, 4.69) is 0 Å². The van der Waals surface area contributed by atoms with Crippen LogP contribution < -0.4 is 19.6 Å². The van der Waals surface area contributed by atoms with Gasteiger partial charge in [0.05, 0.1) is 20.3 Å². The topological polar surface area (TPSA) is 148 Å². The number of ether oxygens (including phenoxy) is 4. The first-order chi connectivity index (χ1) is 15.7. The van der Waals surface area contributed by atoms with Crippen LogP contribution in [0.4, 0.5) is 0 Å². The number of aliphatic hydroxyl groups is 3. The highest BCUT2D eigenvalue weighted by atomic mass is 16.7. The van der Waals surface area contributed by atoms with Crippen LogP contribution in [0.1, 0.15) is 6.92 Å². The molecule has 1 fully saturated rings. The molecule has 4 rings (SSSR count). The van der Waals surface area contributed by atoms with Crippen LogP contribution in [0.3, 0.4) is 0 Å². The van der Waals surface area contributed by atoms with Crippen molar-refractivity contribution >= 4 is 11.0 Å². The molecular formula is C23H24O10. The average Bonchev–Trinajstić information content (AvgIpc) is 2.80. The molecule has 10 heteroatoms. The maximum Gasteiger partial charge on any atom is 0.229 e. The Labute approximate surface area is 188 Å². The fourth-order valence-electron chi connectivity index (χ4n) is 3.69.